The highest BCUT2D eigenvalue weighted by Gasteiger charge is 2.32. The molecule has 2 aliphatic heterocycles. The molecule has 0 saturated carbocycles. The third-order valence-electron chi connectivity index (χ3n) is 5.40. The largest absolute Gasteiger partial charge is 0.342 e. The van der Waals surface area contributed by atoms with Gasteiger partial charge in [0, 0.05) is 65.1 Å². The Morgan fingerprint density at radius 1 is 1.16 bits per heavy atom. The molecule has 2 saturated heterocycles. The van der Waals surface area contributed by atoms with Crippen molar-refractivity contribution >= 4 is 11.8 Å². The predicted molar refractivity (Wildman–Crippen MR) is 94.7 cm³/mol. The summed E-state index contributed by atoms with van der Waals surface area (Å²) in [5, 5.41) is 0. The van der Waals surface area contributed by atoms with Crippen LogP contribution in [0, 0.1) is 5.92 Å². The van der Waals surface area contributed by atoms with Gasteiger partial charge in [-0.3, -0.25) is 14.5 Å². The summed E-state index contributed by atoms with van der Waals surface area (Å²) < 4.78 is 2.04. The van der Waals surface area contributed by atoms with E-state index < -0.39 is 0 Å². The molecule has 138 valence electrons. The monoisotopic (exact) mass is 347 g/mol. The van der Waals surface area contributed by atoms with Gasteiger partial charge in [-0.2, -0.15) is 0 Å². The zero-order valence-electron chi connectivity index (χ0n) is 15.4. The number of imidazole rings is 1. The first-order valence-electron chi connectivity index (χ1n) is 9.33. The Morgan fingerprint density at radius 2 is 1.92 bits per heavy atom. The van der Waals surface area contributed by atoms with Gasteiger partial charge in [0.2, 0.25) is 11.8 Å². The summed E-state index contributed by atoms with van der Waals surface area (Å²) >= 11 is 0. The topological polar surface area (TPSA) is 61.7 Å². The number of amides is 2. The lowest BCUT2D eigenvalue weighted by atomic mass is 9.96. The first kappa shape index (κ1) is 17.9. The van der Waals surface area contributed by atoms with E-state index in [1.54, 1.807) is 0 Å². The molecular formula is C18H29N5O2. The molecule has 7 nitrogen and oxygen atoms in total. The number of piperazine rings is 1. The van der Waals surface area contributed by atoms with Crippen LogP contribution in [0.15, 0.2) is 12.4 Å². The minimum Gasteiger partial charge on any atom is -0.342 e. The SMILES string of the molecule is CCC(=O)N1CCCC(C(=O)N2CCN(Cc3nccn3C)CC2)C1. The van der Waals surface area contributed by atoms with E-state index in [4.69, 9.17) is 0 Å². The maximum atomic E-state index is 12.8. The maximum Gasteiger partial charge on any atom is 0.227 e. The van der Waals surface area contributed by atoms with Crippen LogP contribution in [0.4, 0.5) is 0 Å². The van der Waals surface area contributed by atoms with Gasteiger partial charge in [0.25, 0.3) is 0 Å². The normalized spacial score (nSPS) is 22.2. The molecule has 0 N–H and O–H groups in total. The Morgan fingerprint density at radius 3 is 2.56 bits per heavy atom. The van der Waals surface area contributed by atoms with Crippen LogP contribution in [0.2, 0.25) is 0 Å². The Hall–Kier alpha value is -1.89. The number of hydrogen-bond donors (Lipinski definition) is 0. The summed E-state index contributed by atoms with van der Waals surface area (Å²) in [6, 6.07) is 0. The lowest BCUT2D eigenvalue weighted by Gasteiger charge is -2.39. The molecule has 2 aliphatic rings. The maximum absolute atomic E-state index is 12.8. The summed E-state index contributed by atoms with van der Waals surface area (Å²) in [6.45, 7) is 7.39. The molecule has 1 unspecified atom stereocenters. The third-order valence-corrected chi connectivity index (χ3v) is 5.40. The average Bonchev–Trinajstić information content (AvgIpc) is 3.06. The van der Waals surface area contributed by atoms with Crippen molar-refractivity contribution in [3.05, 3.63) is 18.2 Å². The fourth-order valence-electron chi connectivity index (χ4n) is 3.76. The van der Waals surface area contributed by atoms with Crippen LogP contribution in [-0.4, -0.2) is 75.3 Å². The van der Waals surface area contributed by atoms with E-state index in [1.807, 2.05) is 40.7 Å². The predicted octanol–water partition coefficient (Wildman–Crippen LogP) is 0.713. The Balaban J connectivity index is 1.49. The van der Waals surface area contributed by atoms with Crippen molar-refractivity contribution in [1.29, 1.82) is 0 Å². The molecule has 0 radical (unpaired) electrons. The molecule has 0 spiro atoms. The second-order valence-electron chi connectivity index (χ2n) is 7.09. The molecule has 1 aromatic rings. The molecule has 0 aliphatic carbocycles. The van der Waals surface area contributed by atoms with Crippen LogP contribution in [0.1, 0.15) is 32.0 Å². The van der Waals surface area contributed by atoms with Gasteiger partial charge in [0.05, 0.1) is 12.5 Å². The molecule has 0 bridgehead atoms. The minimum absolute atomic E-state index is 0.0228. The van der Waals surface area contributed by atoms with Crippen LogP contribution < -0.4 is 0 Å². The Bertz CT molecular complexity index is 606. The number of likely N-dealkylation sites (tertiary alicyclic amines) is 1. The molecule has 3 heterocycles. The lowest BCUT2D eigenvalue weighted by Crippen LogP contribution is -2.52. The molecular weight excluding hydrogens is 318 g/mol. The van der Waals surface area contributed by atoms with E-state index in [0.29, 0.717) is 13.0 Å². The smallest absolute Gasteiger partial charge is 0.227 e. The van der Waals surface area contributed by atoms with Gasteiger partial charge in [-0.25, -0.2) is 4.98 Å². The van der Waals surface area contributed by atoms with Crippen molar-refractivity contribution in [2.45, 2.75) is 32.7 Å². The molecule has 3 rings (SSSR count). The minimum atomic E-state index is -0.0228. The number of aromatic nitrogens is 2. The fraction of sp³-hybridized carbons (Fsp3) is 0.722. The number of piperidine rings is 1. The molecule has 2 fully saturated rings. The van der Waals surface area contributed by atoms with Gasteiger partial charge < -0.3 is 14.4 Å². The van der Waals surface area contributed by atoms with Gasteiger partial charge in [0.1, 0.15) is 5.82 Å². The number of carbonyl (C=O) groups excluding carboxylic acids is 2. The standard InChI is InChI=1S/C18H29N5O2/c1-3-17(24)23-7-4-5-15(13-23)18(25)22-11-9-21(10-12-22)14-16-19-6-8-20(16)2/h6,8,15H,3-5,7,9-14H2,1-2H3. The summed E-state index contributed by atoms with van der Waals surface area (Å²) in [7, 11) is 2.01. The van der Waals surface area contributed by atoms with E-state index in [-0.39, 0.29) is 17.7 Å². The number of nitrogens with zero attached hydrogens (tertiary/aromatic N) is 5. The van der Waals surface area contributed by atoms with Crippen LogP contribution >= 0.6 is 0 Å². The molecule has 0 aromatic carbocycles. The summed E-state index contributed by atoms with van der Waals surface area (Å²) in [6.07, 6.45) is 6.14. The molecule has 2 amide bonds. The second kappa shape index (κ2) is 7.99. The van der Waals surface area contributed by atoms with Crippen LogP contribution in [0.25, 0.3) is 0 Å². The number of carbonyl (C=O) groups is 2. The summed E-state index contributed by atoms with van der Waals surface area (Å²) in [5.41, 5.74) is 0. The zero-order valence-corrected chi connectivity index (χ0v) is 15.4. The van der Waals surface area contributed by atoms with Crippen molar-refractivity contribution in [3.63, 3.8) is 0 Å². The highest BCUT2D eigenvalue weighted by atomic mass is 16.2. The van der Waals surface area contributed by atoms with Crippen molar-refractivity contribution in [2.75, 3.05) is 39.3 Å². The zero-order chi connectivity index (χ0) is 17.8. The first-order chi connectivity index (χ1) is 12.1. The van der Waals surface area contributed by atoms with E-state index in [0.717, 1.165) is 57.9 Å². The highest BCUT2D eigenvalue weighted by Crippen LogP contribution is 2.20. The Labute approximate surface area is 149 Å². The van der Waals surface area contributed by atoms with Crippen molar-refractivity contribution in [2.24, 2.45) is 13.0 Å². The molecule has 1 aromatic heterocycles. The number of hydrogen-bond acceptors (Lipinski definition) is 4. The molecule has 25 heavy (non-hydrogen) atoms. The van der Waals surface area contributed by atoms with Gasteiger partial charge in [-0.1, -0.05) is 6.92 Å². The van der Waals surface area contributed by atoms with Crippen LogP contribution in [-0.2, 0) is 23.2 Å². The third kappa shape index (κ3) is 4.21. The van der Waals surface area contributed by atoms with Gasteiger partial charge in [-0.05, 0) is 12.8 Å². The van der Waals surface area contributed by atoms with E-state index in [1.165, 1.54) is 0 Å². The van der Waals surface area contributed by atoms with Crippen LogP contribution in [0.3, 0.4) is 0 Å². The number of rotatable bonds is 4. The van der Waals surface area contributed by atoms with E-state index >= 15 is 0 Å². The summed E-state index contributed by atoms with van der Waals surface area (Å²) in [5.74, 6) is 1.42. The Kier molecular flexibility index (Phi) is 5.73. The number of aryl methyl sites for hydroxylation is 1. The molecule has 7 heteroatoms. The summed E-state index contributed by atoms with van der Waals surface area (Å²) in [4.78, 5) is 35.3. The average molecular weight is 347 g/mol. The van der Waals surface area contributed by atoms with E-state index in [2.05, 4.69) is 9.88 Å². The molecule has 1 atom stereocenters. The highest BCUT2D eigenvalue weighted by molar-refractivity contribution is 5.81. The van der Waals surface area contributed by atoms with Crippen molar-refractivity contribution < 1.29 is 9.59 Å². The van der Waals surface area contributed by atoms with Crippen molar-refractivity contribution in [3.8, 4) is 0 Å². The first-order valence-corrected chi connectivity index (χ1v) is 9.33. The van der Waals surface area contributed by atoms with Gasteiger partial charge in [-0.15, -0.1) is 0 Å². The lowest BCUT2D eigenvalue weighted by molar-refractivity contribution is -0.142. The van der Waals surface area contributed by atoms with Crippen LogP contribution in [0.5, 0.6) is 0 Å². The quantitative estimate of drug-likeness (QED) is 0.805. The van der Waals surface area contributed by atoms with Crippen molar-refractivity contribution in [1.82, 2.24) is 24.3 Å². The van der Waals surface area contributed by atoms with Gasteiger partial charge in [0.15, 0.2) is 0 Å². The second-order valence-corrected chi connectivity index (χ2v) is 7.09. The fourth-order valence-corrected chi connectivity index (χ4v) is 3.76. The van der Waals surface area contributed by atoms with Gasteiger partial charge >= 0.3 is 0 Å². The van der Waals surface area contributed by atoms with E-state index in [9.17, 15) is 9.59 Å².